The first-order valence-corrected chi connectivity index (χ1v) is 18.5. The molecule has 1 unspecified atom stereocenters. The van der Waals surface area contributed by atoms with Gasteiger partial charge in [-0.15, -0.1) is 0 Å². The summed E-state index contributed by atoms with van der Waals surface area (Å²) in [6.45, 7) is 1.63. The second-order valence-corrected chi connectivity index (χ2v) is 14.8. The van der Waals surface area contributed by atoms with Crippen molar-refractivity contribution >= 4 is 43.5 Å². The lowest BCUT2D eigenvalue weighted by atomic mass is 9.94. The van der Waals surface area contributed by atoms with Gasteiger partial charge in [-0.2, -0.15) is 0 Å². The van der Waals surface area contributed by atoms with Gasteiger partial charge in [0.25, 0.3) is 10.0 Å². The number of anilines is 1. The zero-order valence-electron chi connectivity index (χ0n) is 26.7. The van der Waals surface area contributed by atoms with E-state index in [4.69, 9.17) is 0 Å². The molecular weight excluding hydrogens is 674 g/mol. The quantitative estimate of drug-likeness (QED) is 0.158. The van der Waals surface area contributed by atoms with Crippen LogP contribution < -0.4 is 9.62 Å². The van der Waals surface area contributed by atoms with Gasteiger partial charge in [0, 0.05) is 23.5 Å². The molecule has 0 aromatic heterocycles. The Balaban J connectivity index is 1.57. The number of halogens is 1. The number of para-hydroxylation sites is 1. The molecule has 2 amide bonds. The molecule has 4 aromatic rings. The van der Waals surface area contributed by atoms with Crippen LogP contribution in [0.5, 0.6) is 0 Å². The molecule has 1 fully saturated rings. The molecule has 1 aliphatic rings. The van der Waals surface area contributed by atoms with Gasteiger partial charge < -0.3 is 10.2 Å². The normalized spacial score (nSPS) is 14.3. The van der Waals surface area contributed by atoms with Crippen LogP contribution in [0.15, 0.2) is 119 Å². The number of rotatable bonds is 13. The van der Waals surface area contributed by atoms with Gasteiger partial charge in [0.2, 0.25) is 11.8 Å². The molecule has 1 N–H and O–H groups in total. The Morgan fingerprint density at radius 1 is 0.809 bits per heavy atom. The maximum absolute atomic E-state index is 14.7. The summed E-state index contributed by atoms with van der Waals surface area (Å²) in [7, 11) is -4.14. The Hall–Kier alpha value is -3.95. The first-order valence-electron chi connectivity index (χ1n) is 16.3. The van der Waals surface area contributed by atoms with Gasteiger partial charge in [0.05, 0.1) is 10.6 Å². The summed E-state index contributed by atoms with van der Waals surface area (Å²) in [5.41, 5.74) is 2.99. The third-order valence-corrected chi connectivity index (χ3v) is 11.0. The van der Waals surface area contributed by atoms with Crippen molar-refractivity contribution in [2.75, 3.05) is 10.8 Å². The monoisotopic (exact) mass is 715 g/mol. The van der Waals surface area contributed by atoms with Gasteiger partial charge in [0.15, 0.2) is 0 Å². The molecule has 0 spiro atoms. The summed E-state index contributed by atoms with van der Waals surface area (Å²) >= 11 is 3.49. The van der Waals surface area contributed by atoms with Crippen molar-refractivity contribution in [3.05, 3.63) is 130 Å². The van der Waals surface area contributed by atoms with Crippen LogP contribution in [-0.2, 0) is 39.0 Å². The van der Waals surface area contributed by atoms with Crippen molar-refractivity contribution in [1.29, 1.82) is 0 Å². The van der Waals surface area contributed by atoms with Crippen LogP contribution in [0.4, 0.5) is 5.69 Å². The van der Waals surface area contributed by atoms with E-state index in [2.05, 4.69) is 21.2 Å². The Labute approximate surface area is 287 Å². The molecule has 5 rings (SSSR count). The highest BCUT2D eigenvalue weighted by Gasteiger charge is 2.35. The number of nitrogens with one attached hydrogen (secondary N) is 1. The molecule has 0 radical (unpaired) electrons. The highest BCUT2D eigenvalue weighted by atomic mass is 79.9. The maximum Gasteiger partial charge on any atom is 0.264 e. The lowest BCUT2D eigenvalue weighted by Gasteiger charge is -2.35. The highest BCUT2D eigenvalue weighted by molar-refractivity contribution is 9.10. The van der Waals surface area contributed by atoms with Crippen LogP contribution in [-0.4, -0.2) is 43.8 Å². The average Bonchev–Trinajstić information content (AvgIpc) is 3.10. The number of benzene rings is 4. The first-order chi connectivity index (χ1) is 22.8. The smallest absolute Gasteiger partial charge is 0.264 e. The number of nitrogens with zero attached hydrogens (tertiary/aromatic N) is 2. The van der Waals surface area contributed by atoms with E-state index in [0.717, 1.165) is 53.3 Å². The van der Waals surface area contributed by atoms with Gasteiger partial charge in [-0.25, -0.2) is 8.42 Å². The van der Waals surface area contributed by atoms with Crippen LogP contribution in [0.3, 0.4) is 0 Å². The minimum Gasteiger partial charge on any atom is -0.352 e. The molecule has 0 bridgehead atoms. The fourth-order valence-electron chi connectivity index (χ4n) is 6.17. The Morgan fingerprint density at radius 3 is 2.09 bits per heavy atom. The topological polar surface area (TPSA) is 86.8 Å². The minimum absolute atomic E-state index is 0.0468. The van der Waals surface area contributed by atoms with Crippen molar-refractivity contribution in [2.24, 2.45) is 0 Å². The number of hydrogen-bond acceptors (Lipinski definition) is 4. The van der Waals surface area contributed by atoms with Crippen molar-refractivity contribution in [3.63, 3.8) is 0 Å². The van der Waals surface area contributed by atoms with E-state index in [1.807, 2.05) is 73.7 Å². The van der Waals surface area contributed by atoms with Crippen LogP contribution in [0.25, 0.3) is 0 Å². The summed E-state index contributed by atoms with van der Waals surface area (Å²) in [5, 5.41) is 3.26. The molecule has 1 atom stereocenters. The van der Waals surface area contributed by atoms with Crippen LogP contribution in [0.2, 0.25) is 0 Å². The molecule has 246 valence electrons. The van der Waals surface area contributed by atoms with Crippen LogP contribution in [0.1, 0.15) is 55.7 Å². The fourth-order valence-corrected chi connectivity index (χ4v) is 7.91. The third kappa shape index (κ3) is 8.90. The van der Waals surface area contributed by atoms with E-state index in [0.29, 0.717) is 18.5 Å². The lowest BCUT2D eigenvalue weighted by molar-refractivity contribution is -0.140. The summed E-state index contributed by atoms with van der Waals surface area (Å²) < 4.78 is 30.7. The molecule has 9 heteroatoms. The Morgan fingerprint density at radius 2 is 1.43 bits per heavy atom. The van der Waals surface area contributed by atoms with E-state index < -0.39 is 28.5 Å². The van der Waals surface area contributed by atoms with Gasteiger partial charge in [-0.05, 0) is 66.3 Å². The van der Waals surface area contributed by atoms with E-state index in [1.54, 1.807) is 35.2 Å². The van der Waals surface area contributed by atoms with E-state index >= 15 is 0 Å². The fraction of sp³-hybridized carbons (Fsp3) is 0.316. The minimum atomic E-state index is -4.14. The predicted molar refractivity (Wildman–Crippen MR) is 190 cm³/mol. The number of aryl methyl sites for hydroxylation is 1. The van der Waals surface area contributed by atoms with Crippen LogP contribution in [0, 0.1) is 0 Å². The Bertz CT molecular complexity index is 1730. The van der Waals surface area contributed by atoms with Gasteiger partial charge in [-0.3, -0.25) is 13.9 Å². The first kappa shape index (κ1) is 34.4. The predicted octanol–water partition coefficient (Wildman–Crippen LogP) is 7.30. The summed E-state index contributed by atoms with van der Waals surface area (Å²) in [5.74, 6) is -0.685. The summed E-state index contributed by atoms with van der Waals surface area (Å²) in [6.07, 6.45) is 5.94. The van der Waals surface area contributed by atoms with Crippen LogP contribution >= 0.6 is 15.9 Å². The molecule has 0 saturated heterocycles. The Kier molecular flexibility index (Phi) is 11.9. The second-order valence-electron chi connectivity index (χ2n) is 12.0. The van der Waals surface area contributed by atoms with Gasteiger partial charge in [-0.1, -0.05) is 121 Å². The highest BCUT2D eigenvalue weighted by Crippen LogP contribution is 2.29. The summed E-state index contributed by atoms with van der Waals surface area (Å²) in [4.78, 5) is 30.6. The van der Waals surface area contributed by atoms with E-state index in [9.17, 15) is 18.0 Å². The van der Waals surface area contributed by atoms with E-state index in [1.165, 1.54) is 16.4 Å². The molecule has 1 aliphatic carbocycles. The number of amides is 2. The second kappa shape index (κ2) is 16.2. The van der Waals surface area contributed by atoms with Crippen molar-refractivity contribution in [3.8, 4) is 0 Å². The third-order valence-electron chi connectivity index (χ3n) is 8.74. The number of hydrogen-bond donors (Lipinski definition) is 1. The standard InChI is InChI=1S/C38H42BrN3O4S/c1-2-31-16-12-13-21-35(31)42(47(45,46)34-19-10-5-11-20-34)28-37(43)41(27-30-22-24-32(39)25-23-30)36(26-29-14-6-3-7-15-29)38(44)40-33-17-8-4-9-18-33/h3,5-7,10-16,19-25,33,36H,2,4,8-9,17-18,26-28H2,1H3,(H,40,44). The van der Waals surface area contributed by atoms with Crippen molar-refractivity contribution in [1.82, 2.24) is 10.2 Å². The molecule has 47 heavy (non-hydrogen) atoms. The number of sulfonamides is 1. The molecular formula is C38H42BrN3O4S. The summed E-state index contributed by atoms with van der Waals surface area (Å²) in [6, 6.07) is 31.9. The number of carbonyl (C=O) groups is 2. The average molecular weight is 717 g/mol. The lowest BCUT2D eigenvalue weighted by Crippen LogP contribution is -2.55. The molecule has 1 saturated carbocycles. The SMILES string of the molecule is CCc1ccccc1N(CC(=O)N(Cc1ccc(Br)cc1)C(Cc1ccccc1)C(=O)NC1CCCCC1)S(=O)(=O)c1ccccc1. The van der Waals surface area contributed by atoms with Gasteiger partial charge >= 0.3 is 0 Å². The number of carbonyl (C=O) groups excluding carboxylic acids is 2. The molecule has 7 nitrogen and oxygen atoms in total. The molecule has 0 aliphatic heterocycles. The van der Waals surface area contributed by atoms with E-state index in [-0.39, 0.29) is 23.4 Å². The van der Waals surface area contributed by atoms with Crippen molar-refractivity contribution in [2.45, 2.75) is 75.4 Å². The van der Waals surface area contributed by atoms with Gasteiger partial charge in [0.1, 0.15) is 12.6 Å². The largest absolute Gasteiger partial charge is 0.352 e. The molecule has 0 heterocycles. The zero-order chi connectivity index (χ0) is 33.2. The van der Waals surface area contributed by atoms with Crippen molar-refractivity contribution < 1.29 is 18.0 Å². The molecule has 4 aromatic carbocycles. The maximum atomic E-state index is 14.7. The zero-order valence-corrected chi connectivity index (χ0v) is 29.1.